The van der Waals surface area contributed by atoms with Crippen molar-refractivity contribution in [3.8, 4) is 6.07 Å². The summed E-state index contributed by atoms with van der Waals surface area (Å²) in [6, 6.07) is 4.46. The average molecular weight is 223 g/mol. The maximum absolute atomic E-state index is 10.7. The number of imidazole rings is 1. The van der Waals surface area contributed by atoms with Crippen molar-refractivity contribution in [3.05, 3.63) is 39.3 Å². The molecular formula is C8H3ClN4O2. The molecule has 0 aliphatic carbocycles. The van der Waals surface area contributed by atoms with Crippen molar-refractivity contribution in [1.29, 1.82) is 5.26 Å². The fourth-order valence-corrected chi connectivity index (χ4v) is 1.50. The van der Waals surface area contributed by atoms with E-state index in [2.05, 4.69) is 4.98 Å². The van der Waals surface area contributed by atoms with E-state index in [0.29, 0.717) is 0 Å². The second-order valence-corrected chi connectivity index (χ2v) is 3.10. The first-order chi connectivity index (χ1) is 7.15. The molecule has 0 aromatic carbocycles. The van der Waals surface area contributed by atoms with E-state index in [-0.39, 0.29) is 22.2 Å². The lowest BCUT2D eigenvalue weighted by atomic mass is 10.4. The normalized spacial score (nSPS) is 10.1. The van der Waals surface area contributed by atoms with Gasteiger partial charge in [0.05, 0.1) is 11.1 Å². The second-order valence-electron chi connectivity index (χ2n) is 2.71. The Balaban J connectivity index is 2.92. The zero-order chi connectivity index (χ0) is 11.0. The molecule has 0 aliphatic heterocycles. The Hall–Kier alpha value is -2.13. The fraction of sp³-hybridized carbons (Fsp3) is 0. The van der Waals surface area contributed by atoms with Crippen molar-refractivity contribution in [2.45, 2.75) is 0 Å². The minimum Gasteiger partial charge on any atom is -0.268 e. The SMILES string of the molecule is N#Cc1cnc2c([N+](=O)[O-])ccc(Cl)n12. The molecule has 0 unspecified atom stereocenters. The van der Waals surface area contributed by atoms with Gasteiger partial charge in [0, 0.05) is 6.07 Å². The van der Waals surface area contributed by atoms with Crippen LogP contribution in [0.5, 0.6) is 0 Å². The number of nitrogens with zero attached hydrogens (tertiary/aromatic N) is 4. The van der Waals surface area contributed by atoms with E-state index in [1.54, 1.807) is 0 Å². The zero-order valence-electron chi connectivity index (χ0n) is 7.22. The lowest BCUT2D eigenvalue weighted by Crippen LogP contribution is -1.96. The van der Waals surface area contributed by atoms with Crippen molar-refractivity contribution < 1.29 is 4.92 Å². The van der Waals surface area contributed by atoms with Gasteiger partial charge in [-0.05, 0) is 6.07 Å². The van der Waals surface area contributed by atoms with Gasteiger partial charge in [0.2, 0.25) is 5.65 Å². The molecule has 2 rings (SSSR count). The summed E-state index contributed by atoms with van der Waals surface area (Å²) in [5.74, 6) is 0. The molecule has 0 N–H and O–H groups in total. The Kier molecular flexibility index (Phi) is 2.02. The summed E-state index contributed by atoms with van der Waals surface area (Å²) in [5, 5.41) is 19.6. The van der Waals surface area contributed by atoms with Crippen LogP contribution in [0, 0.1) is 21.4 Å². The van der Waals surface area contributed by atoms with E-state index in [1.807, 2.05) is 6.07 Å². The van der Waals surface area contributed by atoms with Crippen LogP contribution in [-0.2, 0) is 0 Å². The lowest BCUT2D eigenvalue weighted by Gasteiger charge is -1.98. The number of halogens is 1. The molecule has 7 heteroatoms. The van der Waals surface area contributed by atoms with Crippen LogP contribution < -0.4 is 0 Å². The summed E-state index contributed by atoms with van der Waals surface area (Å²) in [7, 11) is 0. The molecule has 0 saturated heterocycles. The van der Waals surface area contributed by atoms with Gasteiger partial charge in [-0.2, -0.15) is 5.26 Å². The molecule has 0 saturated carbocycles. The van der Waals surface area contributed by atoms with Gasteiger partial charge in [0.1, 0.15) is 16.9 Å². The Morgan fingerprint density at radius 3 is 2.93 bits per heavy atom. The molecule has 0 fully saturated rings. The Bertz CT molecular complexity index is 598. The average Bonchev–Trinajstić information content (AvgIpc) is 2.62. The van der Waals surface area contributed by atoms with Crippen LogP contribution in [0.2, 0.25) is 5.15 Å². The Morgan fingerprint density at radius 1 is 1.60 bits per heavy atom. The minimum absolute atomic E-state index is 0.0732. The van der Waals surface area contributed by atoms with Crippen molar-refractivity contribution in [2.75, 3.05) is 0 Å². The highest BCUT2D eigenvalue weighted by molar-refractivity contribution is 6.30. The molecule has 2 aromatic heterocycles. The van der Waals surface area contributed by atoms with Crippen molar-refractivity contribution in [2.24, 2.45) is 0 Å². The molecule has 0 radical (unpaired) electrons. The Morgan fingerprint density at radius 2 is 2.33 bits per heavy atom. The predicted octanol–water partition coefficient (Wildman–Crippen LogP) is 1.77. The fourth-order valence-electron chi connectivity index (χ4n) is 1.27. The lowest BCUT2D eigenvalue weighted by molar-refractivity contribution is -0.383. The van der Waals surface area contributed by atoms with E-state index < -0.39 is 4.92 Å². The van der Waals surface area contributed by atoms with Crippen LogP contribution in [0.3, 0.4) is 0 Å². The van der Waals surface area contributed by atoms with E-state index >= 15 is 0 Å². The summed E-state index contributed by atoms with van der Waals surface area (Å²) in [6.45, 7) is 0. The maximum Gasteiger partial charge on any atom is 0.312 e. The van der Waals surface area contributed by atoms with Gasteiger partial charge in [-0.1, -0.05) is 11.6 Å². The van der Waals surface area contributed by atoms with Gasteiger partial charge in [-0.25, -0.2) is 4.98 Å². The Labute approximate surface area is 88.5 Å². The van der Waals surface area contributed by atoms with E-state index in [4.69, 9.17) is 16.9 Å². The van der Waals surface area contributed by atoms with Crippen LogP contribution in [0.4, 0.5) is 5.69 Å². The quantitative estimate of drug-likeness (QED) is 0.418. The van der Waals surface area contributed by atoms with Crippen molar-refractivity contribution in [1.82, 2.24) is 9.38 Å². The number of hydrogen-bond acceptors (Lipinski definition) is 4. The summed E-state index contributed by atoms with van der Waals surface area (Å²) in [6.07, 6.45) is 1.24. The number of rotatable bonds is 1. The summed E-state index contributed by atoms with van der Waals surface area (Å²) in [5.41, 5.74) is 0.0589. The third-order valence-electron chi connectivity index (χ3n) is 1.89. The molecule has 2 aromatic rings. The second kappa shape index (κ2) is 3.22. The predicted molar refractivity (Wildman–Crippen MR) is 51.6 cm³/mol. The van der Waals surface area contributed by atoms with Crippen LogP contribution in [0.1, 0.15) is 5.69 Å². The number of aromatic nitrogens is 2. The maximum atomic E-state index is 10.7. The molecule has 2 heterocycles. The van der Waals surface area contributed by atoms with Crippen LogP contribution in [-0.4, -0.2) is 14.3 Å². The number of hydrogen-bond donors (Lipinski definition) is 0. The topological polar surface area (TPSA) is 84.2 Å². The van der Waals surface area contributed by atoms with Crippen molar-refractivity contribution >= 4 is 22.9 Å². The molecule has 0 amide bonds. The van der Waals surface area contributed by atoms with Crippen LogP contribution >= 0.6 is 11.6 Å². The summed E-state index contributed by atoms with van der Waals surface area (Å²) < 4.78 is 1.24. The smallest absolute Gasteiger partial charge is 0.268 e. The number of nitriles is 1. The first kappa shape index (κ1) is 9.43. The zero-order valence-corrected chi connectivity index (χ0v) is 7.97. The molecule has 0 spiro atoms. The molecule has 0 aliphatic rings. The van der Waals surface area contributed by atoms with Crippen LogP contribution in [0.15, 0.2) is 18.3 Å². The first-order valence-electron chi connectivity index (χ1n) is 3.85. The van der Waals surface area contributed by atoms with Gasteiger partial charge >= 0.3 is 5.69 Å². The molecule has 0 atom stereocenters. The van der Waals surface area contributed by atoms with Gasteiger partial charge in [-0.3, -0.25) is 14.5 Å². The number of pyridine rings is 1. The molecular weight excluding hydrogens is 220 g/mol. The summed E-state index contributed by atoms with van der Waals surface area (Å²) >= 11 is 5.81. The monoisotopic (exact) mass is 222 g/mol. The van der Waals surface area contributed by atoms with Gasteiger partial charge in [0.25, 0.3) is 0 Å². The molecule has 0 bridgehead atoms. The largest absolute Gasteiger partial charge is 0.312 e. The molecule has 15 heavy (non-hydrogen) atoms. The van der Waals surface area contributed by atoms with Gasteiger partial charge < -0.3 is 0 Å². The molecule has 6 nitrogen and oxygen atoms in total. The van der Waals surface area contributed by atoms with Gasteiger partial charge in [0.15, 0.2) is 0 Å². The third-order valence-corrected chi connectivity index (χ3v) is 2.19. The third kappa shape index (κ3) is 1.30. The first-order valence-corrected chi connectivity index (χ1v) is 4.23. The summed E-state index contributed by atoms with van der Waals surface area (Å²) in [4.78, 5) is 13.9. The van der Waals surface area contributed by atoms with E-state index in [1.165, 1.54) is 22.7 Å². The van der Waals surface area contributed by atoms with Gasteiger partial charge in [-0.15, -0.1) is 0 Å². The highest BCUT2D eigenvalue weighted by Crippen LogP contribution is 2.23. The van der Waals surface area contributed by atoms with E-state index in [9.17, 15) is 10.1 Å². The molecule has 74 valence electrons. The minimum atomic E-state index is -0.570. The number of fused-ring (bicyclic) bond motifs is 1. The highest BCUT2D eigenvalue weighted by Gasteiger charge is 2.17. The number of nitro groups is 1. The highest BCUT2D eigenvalue weighted by atomic mass is 35.5. The van der Waals surface area contributed by atoms with E-state index in [0.717, 1.165) is 0 Å². The standard InChI is InChI=1S/C8H3ClN4O2/c9-7-2-1-6(13(14)15)8-11-4-5(3-10)12(7)8/h1-2,4H. The van der Waals surface area contributed by atoms with Crippen molar-refractivity contribution in [3.63, 3.8) is 0 Å². The van der Waals surface area contributed by atoms with Crippen LogP contribution in [0.25, 0.3) is 5.65 Å².